The molecule has 1 atom stereocenters. The molecule has 5 rings (SSSR count). The molecule has 0 amide bonds. The largest absolute Gasteiger partial charge is 0.459 e. The van der Waals surface area contributed by atoms with Crippen LogP contribution in [0, 0.1) is 6.92 Å². The maximum Gasteiger partial charge on any atom is 0.356 e. The zero-order valence-corrected chi connectivity index (χ0v) is 20.4. The van der Waals surface area contributed by atoms with Crippen LogP contribution in [0.3, 0.4) is 0 Å². The molecule has 11 nitrogen and oxygen atoms in total. The second-order valence-electron chi connectivity index (χ2n) is 8.62. The summed E-state index contributed by atoms with van der Waals surface area (Å²) in [7, 11) is 0. The minimum atomic E-state index is -0.438. The molecule has 0 aromatic carbocycles. The van der Waals surface area contributed by atoms with Crippen molar-refractivity contribution in [2.24, 2.45) is 0 Å². The molecule has 0 aliphatic carbocycles. The Kier molecular flexibility index (Phi) is 7.51. The summed E-state index contributed by atoms with van der Waals surface area (Å²) in [6, 6.07) is 12.8. The first-order valence-electron chi connectivity index (χ1n) is 12.1. The molecule has 4 aromatic rings. The van der Waals surface area contributed by atoms with Gasteiger partial charge in [-0.15, -0.1) is 0 Å². The summed E-state index contributed by atoms with van der Waals surface area (Å²) in [4.78, 5) is 38.6. The Morgan fingerprint density at radius 2 is 1.84 bits per heavy atom. The number of piperidine rings is 1. The van der Waals surface area contributed by atoms with E-state index in [-0.39, 0.29) is 11.7 Å². The standard InChI is InChI=1S/C26H27N9O2/c1-17-5-4-7-20(31-17)24-28-13-10-22(34-24)33-23-11-14-29-26(35-23)32-18-8-9-21(30-15-18)25(36)37-16-19-6-2-3-12-27-19/h4-5,7-11,13-15,19,27H,2-3,6,12,16H2,1H3,(H2,28,29,32,33,34,35)/t19-/m1/s1. The maximum atomic E-state index is 12.3. The molecule has 11 heteroatoms. The number of carbonyl (C=O) groups is 1. The van der Waals surface area contributed by atoms with Gasteiger partial charge in [0.1, 0.15) is 29.6 Å². The molecular formula is C26H27N9O2. The van der Waals surface area contributed by atoms with E-state index in [4.69, 9.17) is 4.74 Å². The lowest BCUT2D eigenvalue weighted by Crippen LogP contribution is -2.38. The number of hydrogen-bond donors (Lipinski definition) is 3. The molecule has 0 radical (unpaired) electrons. The summed E-state index contributed by atoms with van der Waals surface area (Å²) in [5, 5.41) is 9.62. The molecule has 3 N–H and O–H groups in total. The van der Waals surface area contributed by atoms with Crippen LogP contribution in [-0.4, -0.2) is 55.1 Å². The van der Waals surface area contributed by atoms with E-state index < -0.39 is 5.97 Å². The van der Waals surface area contributed by atoms with Crippen molar-refractivity contribution >= 4 is 29.2 Å². The van der Waals surface area contributed by atoms with Gasteiger partial charge in [0.25, 0.3) is 0 Å². The Bertz CT molecular complexity index is 1360. The second kappa shape index (κ2) is 11.5. The van der Waals surface area contributed by atoms with Crippen LogP contribution in [0.4, 0.5) is 23.3 Å². The van der Waals surface area contributed by atoms with Gasteiger partial charge in [-0.1, -0.05) is 12.5 Å². The van der Waals surface area contributed by atoms with Crippen LogP contribution in [0.25, 0.3) is 11.5 Å². The van der Waals surface area contributed by atoms with E-state index in [0.717, 1.165) is 31.5 Å². The number of nitrogens with zero attached hydrogens (tertiary/aromatic N) is 6. The van der Waals surface area contributed by atoms with Crippen LogP contribution >= 0.6 is 0 Å². The first-order chi connectivity index (χ1) is 18.1. The number of ether oxygens (including phenoxy) is 1. The van der Waals surface area contributed by atoms with Gasteiger partial charge in [-0.05, 0) is 62.7 Å². The molecule has 1 saturated heterocycles. The average molecular weight is 498 g/mol. The van der Waals surface area contributed by atoms with Gasteiger partial charge in [-0.3, -0.25) is 0 Å². The zero-order valence-electron chi connectivity index (χ0n) is 20.4. The van der Waals surface area contributed by atoms with Crippen molar-refractivity contribution in [2.45, 2.75) is 32.2 Å². The molecule has 1 aliphatic heterocycles. The predicted molar refractivity (Wildman–Crippen MR) is 139 cm³/mol. The number of carbonyl (C=O) groups excluding carboxylic acids is 1. The van der Waals surface area contributed by atoms with Crippen molar-refractivity contribution < 1.29 is 9.53 Å². The van der Waals surface area contributed by atoms with Crippen molar-refractivity contribution in [1.82, 2.24) is 35.2 Å². The van der Waals surface area contributed by atoms with Gasteiger partial charge < -0.3 is 20.7 Å². The van der Waals surface area contributed by atoms with E-state index in [1.807, 2.05) is 25.1 Å². The second-order valence-corrected chi connectivity index (χ2v) is 8.62. The van der Waals surface area contributed by atoms with Crippen LogP contribution in [-0.2, 0) is 4.74 Å². The summed E-state index contributed by atoms with van der Waals surface area (Å²) in [6.45, 7) is 3.24. The fraction of sp³-hybridized carbons (Fsp3) is 0.269. The Hall–Kier alpha value is -4.51. The monoisotopic (exact) mass is 497 g/mol. The van der Waals surface area contributed by atoms with Crippen molar-refractivity contribution in [3.05, 3.63) is 72.4 Å². The van der Waals surface area contributed by atoms with Gasteiger partial charge in [0, 0.05) is 24.1 Å². The summed E-state index contributed by atoms with van der Waals surface area (Å²) in [6.07, 6.45) is 8.16. The number of pyridine rings is 2. The molecule has 1 fully saturated rings. The van der Waals surface area contributed by atoms with Gasteiger partial charge in [0.15, 0.2) is 5.82 Å². The minimum absolute atomic E-state index is 0.213. The molecule has 37 heavy (non-hydrogen) atoms. The number of aromatic nitrogens is 6. The summed E-state index contributed by atoms with van der Waals surface area (Å²) < 4.78 is 5.41. The number of nitrogens with one attached hydrogen (secondary N) is 3. The third kappa shape index (κ3) is 6.58. The Labute approximate surface area is 214 Å². The molecule has 0 unspecified atom stereocenters. The lowest BCUT2D eigenvalue weighted by Gasteiger charge is -2.22. The fourth-order valence-electron chi connectivity index (χ4n) is 3.87. The summed E-state index contributed by atoms with van der Waals surface area (Å²) in [5.74, 6) is 1.56. The highest BCUT2D eigenvalue weighted by molar-refractivity contribution is 5.87. The number of hydrogen-bond acceptors (Lipinski definition) is 11. The number of esters is 1. The Morgan fingerprint density at radius 3 is 2.62 bits per heavy atom. The van der Waals surface area contributed by atoms with Crippen LogP contribution < -0.4 is 16.0 Å². The third-order valence-electron chi connectivity index (χ3n) is 5.74. The summed E-state index contributed by atoms with van der Waals surface area (Å²) >= 11 is 0. The highest BCUT2D eigenvalue weighted by atomic mass is 16.5. The van der Waals surface area contributed by atoms with Gasteiger partial charge in [-0.25, -0.2) is 29.7 Å². The first kappa shape index (κ1) is 24.2. The lowest BCUT2D eigenvalue weighted by atomic mass is 10.1. The molecule has 0 bridgehead atoms. The topological polar surface area (TPSA) is 140 Å². The van der Waals surface area contributed by atoms with Crippen LogP contribution in [0.1, 0.15) is 35.4 Å². The first-order valence-corrected chi connectivity index (χ1v) is 12.1. The molecule has 188 valence electrons. The van der Waals surface area contributed by atoms with E-state index in [0.29, 0.717) is 41.4 Å². The number of anilines is 4. The maximum absolute atomic E-state index is 12.3. The van der Waals surface area contributed by atoms with E-state index >= 15 is 0 Å². The Balaban J connectivity index is 1.20. The molecule has 5 heterocycles. The molecule has 0 saturated carbocycles. The van der Waals surface area contributed by atoms with Gasteiger partial charge in [0.05, 0.1) is 11.9 Å². The fourth-order valence-corrected chi connectivity index (χ4v) is 3.87. The lowest BCUT2D eigenvalue weighted by molar-refractivity contribution is 0.0444. The van der Waals surface area contributed by atoms with Gasteiger partial charge in [-0.2, -0.15) is 4.98 Å². The highest BCUT2D eigenvalue weighted by Crippen LogP contribution is 2.19. The smallest absolute Gasteiger partial charge is 0.356 e. The van der Waals surface area contributed by atoms with E-state index in [1.165, 1.54) is 0 Å². The summed E-state index contributed by atoms with van der Waals surface area (Å²) in [5.41, 5.74) is 2.47. The molecular weight excluding hydrogens is 470 g/mol. The van der Waals surface area contributed by atoms with E-state index in [9.17, 15) is 4.79 Å². The van der Waals surface area contributed by atoms with Crippen molar-refractivity contribution in [2.75, 3.05) is 23.8 Å². The van der Waals surface area contributed by atoms with Crippen LogP contribution in [0.5, 0.6) is 0 Å². The van der Waals surface area contributed by atoms with Crippen LogP contribution in [0.15, 0.2) is 61.1 Å². The molecule has 0 spiro atoms. The minimum Gasteiger partial charge on any atom is -0.459 e. The predicted octanol–water partition coefficient (Wildman–Crippen LogP) is 3.82. The number of rotatable bonds is 8. The van der Waals surface area contributed by atoms with Gasteiger partial charge in [0.2, 0.25) is 5.95 Å². The average Bonchev–Trinajstić information content (AvgIpc) is 2.93. The van der Waals surface area contributed by atoms with Crippen molar-refractivity contribution in [3.8, 4) is 11.5 Å². The highest BCUT2D eigenvalue weighted by Gasteiger charge is 2.16. The molecule has 4 aromatic heterocycles. The third-order valence-corrected chi connectivity index (χ3v) is 5.74. The normalized spacial score (nSPS) is 15.1. The van der Waals surface area contributed by atoms with Gasteiger partial charge >= 0.3 is 5.97 Å². The van der Waals surface area contributed by atoms with Crippen molar-refractivity contribution in [1.29, 1.82) is 0 Å². The number of aryl methyl sites for hydroxylation is 1. The Morgan fingerprint density at radius 1 is 0.973 bits per heavy atom. The molecule has 1 aliphatic rings. The van der Waals surface area contributed by atoms with E-state index in [1.54, 1.807) is 42.9 Å². The van der Waals surface area contributed by atoms with Crippen LogP contribution in [0.2, 0.25) is 0 Å². The SMILES string of the molecule is Cc1cccc(-c2nccc(Nc3ccnc(Nc4ccc(C(=O)OC[C@H]5CCCCN5)nc4)n3)n2)n1. The quantitative estimate of drug-likeness (QED) is 0.306. The van der Waals surface area contributed by atoms with E-state index in [2.05, 4.69) is 45.9 Å². The van der Waals surface area contributed by atoms with Crippen molar-refractivity contribution in [3.63, 3.8) is 0 Å². The zero-order chi connectivity index (χ0) is 25.5.